The van der Waals surface area contributed by atoms with Crippen LogP contribution in [0.15, 0.2) is 59.3 Å². The Morgan fingerprint density at radius 1 is 1.04 bits per heavy atom. The van der Waals surface area contributed by atoms with Crippen LogP contribution in [0.1, 0.15) is 5.56 Å². The smallest absolute Gasteiger partial charge is 0.196 e. The number of phenols is 1. The van der Waals surface area contributed by atoms with E-state index in [1.807, 2.05) is 36.4 Å². The van der Waals surface area contributed by atoms with E-state index in [0.717, 1.165) is 28.5 Å². The van der Waals surface area contributed by atoms with Crippen LogP contribution in [-0.2, 0) is 6.42 Å². The van der Waals surface area contributed by atoms with E-state index in [1.165, 1.54) is 0 Å². The monoisotopic (exact) mass is 305 g/mol. The molecule has 114 valence electrons. The number of aromatic hydroxyl groups is 1. The van der Waals surface area contributed by atoms with Crippen molar-refractivity contribution in [3.8, 4) is 5.75 Å². The van der Waals surface area contributed by atoms with Crippen LogP contribution >= 0.6 is 0 Å². The number of nitrogens with zero attached hydrogens (tertiary/aromatic N) is 2. The lowest BCUT2D eigenvalue weighted by Gasteiger charge is -2.06. The van der Waals surface area contributed by atoms with Gasteiger partial charge in [-0.1, -0.05) is 24.3 Å². The lowest BCUT2D eigenvalue weighted by Crippen LogP contribution is -2.06. The van der Waals surface area contributed by atoms with Gasteiger partial charge in [-0.3, -0.25) is 0 Å². The summed E-state index contributed by atoms with van der Waals surface area (Å²) in [5.41, 5.74) is 3.35. The third kappa shape index (κ3) is 2.57. The van der Waals surface area contributed by atoms with E-state index in [-0.39, 0.29) is 5.75 Å². The number of phenolic OH excluding ortho intramolecular Hbond substituents is 1. The summed E-state index contributed by atoms with van der Waals surface area (Å²) >= 11 is 0. The highest BCUT2D eigenvalue weighted by Crippen LogP contribution is 2.30. The molecule has 0 fully saturated rings. The van der Waals surface area contributed by atoms with Crippen molar-refractivity contribution < 1.29 is 9.52 Å². The second kappa shape index (κ2) is 5.61. The maximum atomic E-state index is 9.50. The number of aromatic nitrogens is 2. The Bertz CT molecular complexity index is 978. The van der Waals surface area contributed by atoms with Crippen molar-refractivity contribution in [1.29, 1.82) is 0 Å². The average molecular weight is 305 g/mol. The molecule has 0 aliphatic rings. The number of anilines is 1. The highest BCUT2D eigenvalue weighted by molar-refractivity contribution is 6.05. The topological polar surface area (TPSA) is 71.2 Å². The van der Waals surface area contributed by atoms with Crippen molar-refractivity contribution in [2.75, 3.05) is 11.9 Å². The fourth-order valence-electron chi connectivity index (χ4n) is 2.69. The number of para-hydroxylation sites is 1. The van der Waals surface area contributed by atoms with Gasteiger partial charge in [0.15, 0.2) is 11.4 Å². The van der Waals surface area contributed by atoms with Crippen LogP contribution < -0.4 is 5.32 Å². The van der Waals surface area contributed by atoms with Crippen molar-refractivity contribution in [3.63, 3.8) is 0 Å². The molecule has 4 aromatic rings. The maximum Gasteiger partial charge on any atom is 0.196 e. The molecule has 0 unspecified atom stereocenters. The van der Waals surface area contributed by atoms with Crippen molar-refractivity contribution in [2.45, 2.75) is 6.42 Å². The molecule has 0 aliphatic carbocycles. The van der Waals surface area contributed by atoms with E-state index < -0.39 is 0 Å². The van der Waals surface area contributed by atoms with Crippen LogP contribution in [0, 0.1) is 0 Å². The van der Waals surface area contributed by atoms with E-state index in [0.29, 0.717) is 17.9 Å². The molecule has 0 amide bonds. The summed E-state index contributed by atoms with van der Waals surface area (Å²) < 4.78 is 5.88. The zero-order valence-electron chi connectivity index (χ0n) is 12.4. The SMILES string of the molecule is Oc1cccc(CCNc2ncnc3c2oc2ccccc23)c1. The first-order valence-corrected chi connectivity index (χ1v) is 7.45. The largest absolute Gasteiger partial charge is 0.508 e. The van der Waals surface area contributed by atoms with Crippen molar-refractivity contribution in [3.05, 3.63) is 60.4 Å². The van der Waals surface area contributed by atoms with Gasteiger partial charge in [0, 0.05) is 11.9 Å². The molecule has 4 rings (SSSR count). The Morgan fingerprint density at radius 2 is 1.96 bits per heavy atom. The van der Waals surface area contributed by atoms with Crippen LogP contribution in [0.2, 0.25) is 0 Å². The van der Waals surface area contributed by atoms with Crippen molar-refractivity contribution in [2.24, 2.45) is 0 Å². The predicted octanol–water partition coefficient (Wildman–Crippen LogP) is 3.74. The number of rotatable bonds is 4. The van der Waals surface area contributed by atoms with Crippen LogP contribution in [0.4, 0.5) is 5.82 Å². The lowest BCUT2D eigenvalue weighted by molar-refractivity contribution is 0.474. The molecule has 2 N–H and O–H groups in total. The van der Waals surface area contributed by atoms with E-state index in [9.17, 15) is 5.11 Å². The molecule has 0 spiro atoms. The van der Waals surface area contributed by atoms with E-state index >= 15 is 0 Å². The highest BCUT2D eigenvalue weighted by atomic mass is 16.3. The molecule has 23 heavy (non-hydrogen) atoms. The molecule has 0 saturated carbocycles. The summed E-state index contributed by atoms with van der Waals surface area (Å²) in [7, 11) is 0. The number of fused-ring (bicyclic) bond motifs is 3. The summed E-state index contributed by atoms with van der Waals surface area (Å²) in [6.07, 6.45) is 2.32. The Balaban J connectivity index is 1.59. The first-order valence-electron chi connectivity index (χ1n) is 7.45. The van der Waals surface area contributed by atoms with Gasteiger partial charge in [0.2, 0.25) is 0 Å². The predicted molar refractivity (Wildman–Crippen MR) is 89.6 cm³/mol. The average Bonchev–Trinajstić information content (AvgIpc) is 2.95. The Labute approximate surface area is 132 Å². The molecule has 5 heteroatoms. The number of hydrogen-bond acceptors (Lipinski definition) is 5. The van der Waals surface area contributed by atoms with Gasteiger partial charge in [0.05, 0.1) is 0 Å². The Kier molecular flexibility index (Phi) is 3.31. The zero-order valence-corrected chi connectivity index (χ0v) is 12.4. The molecule has 0 bridgehead atoms. The van der Waals surface area contributed by atoms with Crippen LogP contribution in [0.5, 0.6) is 5.75 Å². The minimum atomic E-state index is 0.282. The molecule has 0 radical (unpaired) electrons. The fourth-order valence-corrected chi connectivity index (χ4v) is 2.69. The standard InChI is InChI=1S/C18H15N3O2/c22-13-5-3-4-12(10-13)8-9-19-18-17-16(20-11-21-18)14-6-1-2-7-15(14)23-17/h1-7,10-11,22H,8-9H2,(H,19,20,21). The second-order valence-corrected chi connectivity index (χ2v) is 5.34. The van der Waals surface area contributed by atoms with Gasteiger partial charge in [-0.15, -0.1) is 0 Å². The Hall–Kier alpha value is -3.08. The first-order chi connectivity index (χ1) is 11.3. The minimum absolute atomic E-state index is 0.282. The number of nitrogens with one attached hydrogen (secondary N) is 1. The molecular weight excluding hydrogens is 290 g/mol. The summed E-state index contributed by atoms with van der Waals surface area (Å²) in [5, 5.41) is 13.8. The second-order valence-electron chi connectivity index (χ2n) is 5.34. The van der Waals surface area contributed by atoms with Gasteiger partial charge in [-0.2, -0.15) is 0 Å². The number of benzene rings is 2. The normalized spacial score (nSPS) is 11.1. The van der Waals surface area contributed by atoms with Crippen LogP contribution in [-0.4, -0.2) is 21.6 Å². The molecule has 5 nitrogen and oxygen atoms in total. The molecule has 0 atom stereocenters. The third-order valence-electron chi connectivity index (χ3n) is 3.77. The van der Waals surface area contributed by atoms with Gasteiger partial charge in [-0.05, 0) is 36.2 Å². The minimum Gasteiger partial charge on any atom is -0.508 e. The molecule has 2 aromatic carbocycles. The van der Waals surface area contributed by atoms with Crippen LogP contribution in [0.25, 0.3) is 22.1 Å². The summed E-state index contributed by atoms with van der Waals surface area (Å²) in [5.74, 6) is 0.968. The number of hydrogen-bond donors (Lipinski definition) is 2. The number of furan rings is 1. The molecule has 2 aromatic heterocycles. The van der Waals surface area contributed by atoms with Crippen molar-refractivity contribution >= 4 is 27.9 Å². The molecule has 0 saturated heterocycles. The van der Waals surface area contributed by atoms with E-state index in [2.05, 4.69) is 15.3 Å². The fraction of sp³-hybridized carbons (Fsp3) is 0.111. The van der Waals surface area contributed by atoms with Crippen LogP contribution in [0.3, 0.4) is 0 Å². The third-order valence-corrected chi connectivity index (χ3v) is 3.77. The van der Waals surface area contributed by atoms with Gasteiger partial charge in [-0.25, -0.2) is 9.97 Å². The zero-order chi connectivity index (χ0) is 15.6. The van der Waals surface area contributed by atoms with E-state index in [1.54, 1.807) is 18.5 Å². The van der Waals surface area contributed by atoms with Gasteiger partial charge in [0.1, 0.15) is 23.2 Å². The molecular formula is C18H15N3O2. The Morgan fingerprint density at radius 3 is 2.87 bits per heavy atom. The maximum absolute atomic E-state index is 9.50. The first kappa shape index (κ1) is 13.6. The quantitative estimate of drug-likeness (QED) is 0.601. The summed E-state index contributed by atoms with van der Waals surface area (Å²) in [6.45, 7) is 0.687. The highest BCUT2D eigenvalue weighted by Gasteiger charge is 2.12. The summed E-state index contributed by atoms with van der Waals surface area (Å²) in [4.78, 5) is 8.62. The van der Waals surface area contributed by atoms with Gasteiger partial charge >= 0.3 is 0 Å². The van der Waals surface area contributed by atoms with Crippen molar-refractivity contribution in [1.82, 2.24) is 9.97 Å². The molecule has 0 aliphatic heterocycles. The van der Waals surface area contributed by atoms with Gasteiger partial charge < -0.3 is 14.8 Å². The van der Waals surface area contributed by atoms with Gasteiger partial charge in [0.25, 0.3) is 0 Å². The lowest BCUT2D eigenvalue weighted by atomic mass is 10.1. The van der Waals surface area contributed by atoms with E-state index in [4.69, 9.17) is 4.42 Å². The summed E-state index contributed by atoms with van der Waals surface area (Å²) in [6, 6.07) is 15.1. The molecule has 2 heterocycles.